The maximum absolute atomic E-state index is 4.64. The fraction of sp³-hybridized carbons (Fsp3) is 0.667. The van der Waals surface area contributed by atoms with Crippen molar-refractivity contribution in [3.63, 3.8) is 0 Å². The molecule has 0 atom stereocenters. The number of hydrogen-bond donors (Lipinski definition) is 1. The lowest BCUT2D eigenvalue weighted by atomic mass is 10.3. The summed E-state index contributed by atoms with van der Waals surface area (Å²) in [4.78, 5) is 9.15. The number of rotatable bonds is 3. The molecule has 0 spiro atoms. The molecule has 0 unspecified atom stereocenters. The molecule has 1 heterocycles. The Morgan fingerprint density at radius 1 is 1.31 bits per heavy atom. The Bertz CT molecular complexity index is 380. The Morgan fingerprint density at radius 2 is 2.00 bits per heavy atom. The van der Waals surface area contributed by atoms with E-state index in [0.29, 0.717) is 5.92 Å². The number of hydrogen-bond acceptors (Lipinski definition) is 4. The van der Waals surface area contributed by atoms with Gasteiger partial charge < -0.3 is 5.32 Å². The Morgan fingerprint density at radius 3 is 2.50 bits per heavy atom. The predicted molar refractivity (Wildman–Crippen MR) is 69.2 cm³/mol. The molecular formula is C12H19N3S. The molecule has 1 fully saturated rings. The highest BCUT2D eigenvalue weighted by molar-refractivity contribution is 8.00. The largest absolute Gasteiger partial charge is 0.373 e. The van der Waals surface area contributed by atoms with Gasteiger partial charge in [0.05, 0.1) is 0 Å². The summed E-state index contributed by atoms with van der Waals surface area (Å²) in [5.74, 6) is 2.55. The average molecular weight is 237 g/mol. The summed E-state index contributed by atoms with van der Waals surface area (Å²) in [6.07, 6.45) is 2.49. The Kier molecular flexibility index (Phi) is 3.10. The zero-order valence-corrected chi connectivity index (χ0v) is 11.2. The van der Waals surface area contributed by atoms with E-state index in [1.807, 2.05) is 13.1 Å². The highest BCUT2D eigenvalue weighted by Crippen LogP contribution is 2.40. The van der Waals surface area contributed by atoms with Crippen LogP contribution in [-0.2, 0) is 0 Å². The summed E-state index contributed by atoms with van der Waals surface area (Å²) in [6.45, 7) is 6.61. The third-order valence-electron chi connectivity index (χ3n) is 2.33. The second kappa shape index (κ2) is 4.24. The predicted octanol–water partition coefficient (Wildman–Crippen LogP) is 3.29. The molecule has 0 amide bonds. The van der Waals surface area contributed by atoms with E-state index in [9.17, 15) is 0 Å². The number of anilines is 1. The maximum Gasteiger partial charge on any atom is 0.135 e. The molecule has 1 aliphatic carbocycles. The van der Waals surface area contributed by atoms with Gasteiger partial charge in [-0.25, -0.2) is 9.97 Å². The number of nitrogens with one attached hydrogen (secondary N) is 1. The summed E-state index contributed by atoms with van der Waals surface area (Å²) in [5, 5.41) is 4.19. The minimum absolute atomic E-state index is 0.195. The Labute approximate surface area is 101 Å². The van der Waals surface area contributed by atoms with Crippen molar-refractivity contribution in [3.8, 4) is 0 Å². The quantitative estimate of drug-likeness (QED) is 0.646. The molecule has 0 radical (unpaired) electrons. The van der Waals surface area contributed by atoms with Crippen LogP contribution in [0.5, 0.6) is 0 Å². The smallest absolute Gasteiger partial charge is 0.135 e. The monoisotopic (exact) mass is 237 g/mol. The van der Waals surface area contributed by atoms with Gasteiger partial charge in [-0.05, 0) is 12.8 Å². The van der Waals surface area contributed by atoms with Gasteiger partial charge in [0.2, 0.25) is 0 Å². The van der Waals surface area contributed by atoms with Crippen molar-refractivity contribution in [1.29, 1.82) is 0 Å². The van der Waals surface area contributed by atoms with E-state index in [4.69, 9.17) is 0 Å². The second-order valence-electron chi connectivity index (χ2n) is 5.19. The van der Waals surface area contributed by atoms with E-state index in [-0.39, 0.29) is 4.75 Å². The van der Waals surface area contributed by atoms with Crippen LogP contribution in [0.25, 0.3) is 0 Å². The first-order valence-electron chi connectivity index (χ1n) is 5.74. The molecule has 3 nitrogen and oxygen atoms in total. The topological polar surface area (TPSA) is 37.8 Å². The van der Waals surface area contributed by atoms with Crippen LogP contribution in [0.15, 0.2) is 11.1 Å². The number of aromatic nitrogens is 2. The molecule has 1 aliphatic rings. The molecule has 88 valence electrons. The minimum Gasteiger partial charge on any atom is -0.373 e. The van der Waals surface area contributed by atoms with Crippen LogP contribution in [0.2, 0.25) is 0 Å². The molecule has 1 saturated carbocycles. The Balaban J connectivity index is 2.25. The first-order valence-corrected chi connectivity index (χ1v) is 6.55. The highest BCUT2D eigenvalue weighted by atomic mass is 32.2. The maximum atomic E-state index is 4.64. The summed E-state index contributed by atoms with van der Waals surface area (Å²) in [6, 6.07) is 2.03. The summed E-state index contributed by atoms with van der Waals surface area (Å²) in [7, 11) is 1.91. The van der Waals surface area contributed by atoms with E-state index in [1.54, 1.807) is 11.8 Å². The molecule has 1 aromatic rings. The fourth-order valence-electron chi connectivity index (χ4n) is 1.46. The van der Waals surface area contributed by atoms with Crippen LogP contribution in [0.4, 0.5) is 5.82 Å². The molecule has 2 rings (SSSR count). The van der Waals surface area contributed by atoms with Gasteiger partial charge in [0, 0.05) is 23.8 Å². The second-order valence-corrected chi connectivity index (χ2v) is 7.04. The van der Waals surface area contributed by atoms with Gasteiger partial charge in [-0.15, -0.1) is 11.8 Å². The van der Waals surface area contributed by atoms with Crippen molar-refractivity contribution in [2.45, 2.75) is 49.3 Å². The van der Waals surface area contributed by atoms with Crippen LogP contribution in [0.1, 0.15) is 45.4 Å². The van der Waals surface area contributed by atoms with Crippen LogP contribution in [0, 0.1) is 0 Å². The molecular weight excluding hydrogens is 218 g/mol. The van der Waals surface area contributed by atoms with Crippen molar-refractivity contribution >= 4 is 17.6 Å². The van der Waals surface area contributed by atoms with Gasteiger partial charge in [-0.2, -0.15) is 0 Å². The summed E-state index contributed by atoms with van der Waals surface area (Å²) >= 11 is 1.80. The van der Waals surface area contributed by atoms with Gasteiger partial charge in [-0.3, -0.25) is 0 Å². The number of nitrogens with zero attached hydrogens (tertiary/aromatic N) is 2. The zero-order valence-electron chi connectivity index (χ0n) is 10.4. The van der Waals surface area contributed by atoms with Crippen molar-refractivity contribution in [2.24, 2.45) is 0 Å². The van der Waals surface area contributed by atoms with Crippen LogP contribution in [-0.4, -0.2) is 21.8 Å². The van der Waals surface area contributed by atoms with Crippen LogP contribution >= 0.6 is 11.8 Å². The lowest BCUT2D eigenvalue weighted by molar-refractivity contribution is 0.793. The lowest BCUT2D eigenvalue weighted by Crippen LogP contribution is -2.09. The SMILES string of the molecule is CNc1cc(SC(C)(C)C)nc(C2CC2)n1. The van der Waals surface area contributed by atoms with Gasteiger partial charge >= 0.3 is 0 Å². The van der Waals surface area contributed by atoms with E-state index in [0.717, 1.165) is 16.7 Å². The van der Waals surface area contributed by atoms with Gasteiger partial charge in [0.1, 0.15) is 16.7 Å². The third kappa shape index (κ3) is 3.11. The van der Waals surface area contributed by atoms with E-state index < -0.39 is 0 Å². The first-order chi connectivity index (χ1) is 7.48. The van der Waals surface area contributed by atoms with Gasteiger partial charge in [0.25, 0.3) is 0 Å². The standard InChI is InChI=1S/C12H19N3S/c1-12(2,3)16-10-7-9(13-4)14-11(15-10)8-5-6-8/h7-8H,5-6H2,1-4H3,(H,13,14,15). The first kappa shape index (κ1) is 11.7. The van der Waals surface area contributed by atoms with E-state index >= 15 is 0 Å². The van der Waals surface area contributed by atoms with Gasteiger partial charge in [-0.1, -0.05) is 20.8 Å². The van der Waals surface area contributed by atoms with Crippen LogP contribution in [0.3, 0.4) is 0 Å². The average Bonchev–Trinajstić information content (AvgIpc) is 2.97. The third-order valence-corrected chi connectivity index (χ3v) is 3.36. The minimum atomic E-state index is 0.195. The van der Waals surface area contributed by atoms with Crippen molar-refractivity contribution in [1.82, 2.24) is 9.97 Å². The van der Waals surface area contributed by atoms with Crippen molar-refractivity contribution in [3.05, 3.63) is 11.9 Å². The van der Waals surface area contributed by atoms with Gasteiger partial charge in [0.15, 0.2) is 0 Å². The molecule has 4 heteroatoms. The zero-order chi connectivity index (χ0) is 11.8. The normalized spacial score (nSPS) is 16.2. The molecule has 0 bridgehead atoms. The molecule has 1 N–H and O–H groups in total. The van der Waals surface area contributed by atoms with Crippen LogP contribution < -0.4 is 5.32 Å². The highest BCUT2D eigenvalue weighted by Gasteiger charge is 2.27. The molecule has 0 aromatic carbocycles. The molecule has 16 heavy (non-hydrogen) atoms. The molecule has 0 saturated heterocycles. The van der Waals surface area contributed by atoms with E-state index in [1.165, 1.54) is 12.8 Å². The molecule has 0 aliphatic heterocycles. The van der Waals surface area contributed by atoms with Crippen molar-refractivity contribution in [2.75, 3.05) is 12.4 Å². The Hall–Kier alpha value is -0.770. The number of thioether (sulfide) groups is 1. The lowest BCUT2D eigenvalue weighted by Gasteiger charge is -2.17. The van der Waals surface area contributed by atoms with E-state index in [2.05, 4.69) is 36.1 Å². The molecule has 1 aromatic heterocycles. The summed E-state index contributed by atoms with van der Waals surface area (Å²) in [5.41, 5.74) is 0. The fourth-order valence-corrected chi connectivity index (χ4v) is 2.40. The summed E-state index contributed by atoms with van der Waals surface area (Å²) < 4.78 is 0.195. The van der Waals surface area contributed by atoms with Crippen molar-refractivity contribution < 1.29 is 0 Å².